The highest BCUT2D eigenvalue weighted by Crippen LogP contribution is 2.30. The highest BCUT2D eigenvalue weighted by molar-refractivity contribution is 5.88. The van der Waals surface area contributed by atoms with Crippen LogP contribution in [0.1, 0.15) is 55.6 Å². The zero-order chi connectivity index (χ0) is 15.6. The van der Waals surface area contributed by atoms with Crippen LogP contribution in [0, 0.1) is 0 Å². The maximum Gasteiger partial charge on any atom is 0.410 e. The van der Waals surface area contributed by atoms with E-state index in [1.54, 1.807) is 4.90 Å². The Morgan fingerprint density at radius 1 is 1.38 bits per heavy atom. The lowest BCUT2D eigenvalue weighted by molar-refractivity contribution is 0.0198. The lowest BCUT2D eigenvalue weighted by atomic mass is 9.92. The highest BCUT2D eigenvalue weighted by atomic mass is 16.6. The number of hydrogen-bond acceptors (Lipinski definition) is 5. The standard InChI is InChI=1S/C14H20N2O5/c1-14(2,3)20-13(19)16-6-4-9(5-7-16)11-10(12(17)18)8-15-21-11/h8-9H,4-7H2,1-3H3,(H,17,18). The van der Waals surface area contributed by atoms with Crippen LogP contribution in [0.3, 0.4) is 0 Å². The molecule has 1 aromatic heterocycles. The zero-order valence-corrected chi connectivity index (χ0v) is 12.5. The van der Waals surface area contributed by atoms with Crippen molar-refractivity contribution >= 4 is 12.1 Å². The van der Waals surface area contributed by atoms with Crippen LogP contribution in [0.25, 0.3) is 0 Å². The van der Waals surface area contributed by atoms with Crippen LogP contribution < -0.4 is 0 Å². The number of carboxylic acids is 1. The smallest absolute Gasteiger partial charge is 0.410 e. The summed E-state index contributed by atoms with van der Waals surface area (Å²) < 4.78 is 10.4. The molecule has 116 valence electrons. The summed E-state index contributed by atoms with van der Waals surface area (Å²) >= 11 is 0. The lowest BCUT2D eigenvalue weighted by Crippen LogP contribution is -2.41. The molecule has 1 N–H and O–H groups in total. The number of carbonyl (C=O) groups excluding carboxylic acids is 1. The van der Waals surface area contributed by atoms with Crippen LogP contribution in [0.2, 0.25) is 0 Å². The number of carbonyl (C=O) groups is 2. The van der Waals surface area contributed by atoms with Crippen molar-refractivity contribution < 1.29 is 24.0 Å². The Labute approximate surface area is 122 Å². The molecule has 0 radical (unpaired) electrons. The molecule has 0 bridgehead atoms. The van der Waals surface area contributed by atoms with Crippen molar-refractivity contribution in [1.29, 1.82) is 0 Å². The van der Waals surface area contributed by atoms with E-state index in [0.717, 1.165) is 0 Å². The first-order valence-corrected chi connectivity index (χ1v) is 6.93. The number of aromatic carboxylic acids is 1. The maximum absolute atomic E-state index is 12.0. The predicted octanol–water partition coefficient (Wildman–Crippen LogP) is 2.49. The van der Waals surface area contributed by atoms with Crippen molar-refractivity contribution in [3.05, 3.63) is 17.5 Å². The lowest BCUT2D eigenvalue weighted by Gasteiger charge is -2.32. The minimum Gasteiger partial charge on any atom is -0.478 e. The minimum absolute atomic E-state index is 0.0303. The van der Waals surface area contributed by atoms with Gasteiger partial charge in [-0.3, -0.25) is 0 Å². The van der Waals surface area contributed by atoms with E-state index in [0.29, 0.717) is 31.7 Å². The molecule has 1 aromatic rings. The van der Waals surface area contributed by atoms with Gasteiger partial charge in [0.15, 0.2) is 5.76 Å². The Kier molecular flexibility index (Phi) is 4.20. The molecule has 1 amide bonds. The van der Waals surface area contributed by atoms with E-state index in [-0.39, 0.29) is 17.6 Å². The summed E-state index contributed by atoms with van der Waals surface area (Å²) in [5, 5.41) is 12.6. The van der Waals surface area contributed by atoms with Gasteiger partial charge in [-0.2, -0.15) is 0 Å². The summed E-state index contributed by atoms with van der Waals surface area (Å²) in [6.45, 7) is 6.50. The second-order valence-electron chi connectivity index (χ2n) is 6.15. The fourth-order valence-electron chi connectivity index (χ4n) is 2.35. The van der Waals surface area contributed by atoms with Gasteiger partial charge >= 0.3 is 12.1 Å². The van der Waals surface area contributed by atoms with Gasteiger partial charge in [0, 0.05) is 19.0 Å². The van der Waals surface area contributed by atoms with Gasteiger partial charge in [-0.25, -0.2) is 9.59 Å². The number of hydrogen-bond donors (Lipinski definition) is 1. The average molecular weight is 296 g/mol. The Hall–Kier alpha value is -2.05. The molecule has 0 aliphatic carbocycles. The molecular weight excluding hydrogens is 276 g/mol. The van der Waals surface area contributed by atoms with Crippen LogP contribution in [-0.4, -0.2) is 45.9 Å². The first-order valence-electron chi connectivity index (χ1n) is 6.93. The van der Waals surface area contributed by atoms with Gasteiger partial charge in [-0.1, -0.05) is 5.16 Å². The van der Waals surface area contributed by atoms with Crippen molar-refractivity contribution in [2.75, 3.05) is 13.1 Å². The molecule has 1 aliphatic rings. The van der Waals surface area contributed by atoms with E-state index >= 15 is 0 Å². The fraction of sp³-hybridized carbons (Fsp3) is 0.643. The molecule has 0 atom stereocenters. The number of piperidine rings is 1. The Bertz CT molecular complexity index is 524. The SMILES string of the molecule is CC(C)(C)OC(=O)N1CCC(c2oncc2C(=O)O)CC1. The number of carboxylic acid groups (broad SMARTS) is 1. The van der Waals surface area contributed by atoms with Gasteiger partial charge in [0.25, 0.3) is 0 Å². The molecule has 2 heterocycles. The molecule has 1 saturated heterocycles. The Morgan fingerprint density at radius 2 is 2.00 bits per heavy atom. The van der Waals surface area contributed by atoms with Crippen LogP contribution in [0.15, 0.2) is 10.7 Å². The maximum atomic E-state index is 12.0. The number of nitrogens with zero attached hydrogens (tertiary/aromatic N) is 2. The summed E-state index contributed by atoms with van der Waals surface area (Å²) in [4.78, 5) is 24.7. The summed E-state index contributed by atoms with van der Waals surface area (Å²) in [7, 11) is 0. The van der Waals surface area contributed by atoms with E-state index in [2.05, 4.69) is 5.16 Å². The van der Waals surface area contributed by atoms with Gasteiger partial charge < -0.3 is 19.3 Å². The minimum atomic E-state index is -1.04. The molecule has 0 unspecified atom stereocenters. The number of rotatable bonds is 2. The summed E-state index contributed by atoms with van der Waals surface area (Å²) in [5.74, 6) is -0.676. The Balaban J connectivity index is 1.96. The van der Waals surface area contributed by atoms with Crippen LogP contribution in [0.4, 0.5) is 4.79 Å². The van der Waals surface area contributed by atoms with Crippen molar-refractivity contribution in [2.45, 2.75) is 45.1 Å². The molecule has 0 spiro atoms. The van der Waals surface area contributed by atoms with Gasteiger partial charge in [0.05, 0.1) is 6.20 Å². The van der Waals surface area contributed by atoms with Crippen molar-refractivity contribution in [3.63, 3.8) is 0 Å². The number of likely N-dealkylation sites (tertiary alicyclic amines) is 1. The molecule has 21 heavy (non-hydrogen) atoms. The van der Waals surface area contributed by atoms with Crippen LogP contribution in [0.5, 0.6) is 0 Å². The van der Waals surface area contributed by atoms with Crippen LogP contribution >= 0.6 is 0 Å². The zero-order valence-electron chi connectivity index (χ0n) is 12.5. The van der Waals surface area contributed by atoms with E-state index in [1.165, 1.54) is 6.20 Å². The summed E-state index contributed by atoms with van der Waals surface area (Å²) in [6.07, 6.45) is 2.15. The molecule has 1 aliphatic heterocycles. The third-order valence-electron chi connectivity index (χ3n) is 3.35. The van der Waals surface area contributed by atoms with Crippen molar-refractivity contribution in [2.24, 2.45) is 0 Å². The third kappa shape index (κ3) is 3.74. The first kappa shape index (κ1) is 15.3. The predicted molar refractivity (Wildman–Crippen MR) is 73.2 cm³/mol. The number of amides is 1. The van der Waals surface area contributed by atoms with Crippen molar-refractivity contribution in [3.8, 4) is 0 Å². The monoisotopic (exact) mass is 296 g/mol. The topological polar surface area (TPSA) is 92.9 Å². The fourth-order valence-corrected chi connectivity index (χ4v) is 2.35. The van der Waals surface area contributed by atoms with E-state index in [1.807, 2.05) is 20.8 Å². The second-order valence-corrected chi connectivity index (χ2v) is 6.15. The van der Waals surface area contributed by atoms with Gasteiger partial charge in [-0.15, -0.1) is 0 Å². The largest absolute Gasteiger partial charge is 0.478 e. The van der Waals surface area contributed by atoms with E-state index in [9.17, 15) is 9.59 Å². The molecule has 0 saturated carbocycles. The molecular formula is C14H20N2O5. The van der Waals surface area contributed by atoms with Crippen molar-refractivity contribution in [1.82, 2.24) is 10.1 Å². The molecule has 0 aromatic carbocycles. The normalized spacial score (nSPS) is 16.8. The molecule has 2 rings (SSSR count). The summed E-state index contributed by atoms with van der Waals surface area (Å²) in [6, 6.07) is 0. The van der Waals surface area contributed by atoms with Gasteiger partial charge in [0.1, 0.15) is 11.2 Å². The second kappa shape index (κ2) is 5.75. The molecule has 1 fully saturated rings. The van der Waals surface area contributed by atoms with Crippen LogP contribution in [-0.2, 0) is 4.74 Å². The molecule has 7 nitrogen and oxygen atoms in total. The highest BCUT2D eigenvalue weighted by Gasteiger charge is 2.31. The summed E-state index contributed by atoms with van der Waals surface area (Å²) in [5.41, 5.74) is -0.416. The quantitative estimate of drug-likeness (QED) is 0.901. The van der Waals surface area contributed by atoms with Gasteiger partial charge in [0.2, 0.25) is 0 Å². The molecule has 7 heteroatoms. The first-order chi connectivity index (χ1) is 9.78. The van der Waals surface area contributed by atoms with E-state index < -0.39 is 11.6 Å². The Morgan fingerprint density at radius 3 is 2.52 bits per heavy atom. The number of aromatic nitrogens is 1. The average Bonchev–Trinajstić information content (AvgIpc) is 2.86. The van der Waals surface area contributed by atoms with E-state index in [4.69, 9.17) is 14.4 Å². The third-order valence-corrected chi connectivity index (χ3v) is 3.35. The number of ether oxygens (including phenoxy) is 1. The van der Waals surface area contributed by atoms with Gasteiger partial charge in [-0.05, 0) is 33.6 Å².